The Hall–Kier alpha value is -1.75. The van der Waals surface area contributed by atoms with Crippen molar-refractivity contribution in [1.82, 2.24) is 0 Å². The highest BCUT2D eigenvalue weighted by atomic mass is 16.5. The third-order valence-corrected chi connectivity index (χ3v) is 1.19. The van der Waals surface area contributed by atoms with E-state index in [2.05, 4.69) is 17.6 Å². The van der Waals surface area contributed by atoms with Gasteiger partial charge in [0.15, 0.2) is 0 Å². The molecule has 1 aromatic rings. The van der Waals surface area contributed by atoms with Crippen LogP contribution >= 0.6 is 0 Å². The van der Waals surface area contributed by atoms with Crippen LogP contribution < -0.4 is 0 Å². The van der Waals surface area contributed by atoms with Gasteiger partial charge in [-0.2, -0.15) is 0 Å². The predicted octanol–water partition coefficient (Wildman–Crippen LogP) is 1.72. The summed E-state index contributed by atoms with van der Waals surface area (Å²) in [4.78, 5) is 10.8. The average molecular weight is 162 g/mol. The minimum Gasteiger partial charge on any atom is -0.465 e. The molecule has 0 saturated heterocycles. The zero-order chi connectivity index (χ0) is 9.40. The number of carbonyl (C=O) groups excluding carboxylic acids is 1. The van der Waals surface area contributed by atoms with Crippen molar-refractivity contribution in [3.8, 4) is 12.8 Å². The number of ether oxygens (including phenoxy) is 1. The summed E-state index contributed by atoms with van der Waals surface area (Å²) in [5.41, 5.74) is 0.588. The molecule has 0 aliphatic rings. The quantitative estimate of drug-likeness (QED) is 0.464. The first kappa shape index (κ1) is 10.2. The van der Waals surface area contributed by atoms with Crippen molar-refractivity contribution in [2.24, 2.45) is 0 Å². The van der Waals surface area contributed by atoms with Gasteiger partial charge in [0.2, 0.25) is 0 Å². The van der Waals surface area contributed by atoms with Crippen LogP contribution in [0.2, 0.25) is 0 Å². The van der Waals surface area contributed by atoms with E-state index < -0.39 is 0 Å². The van der Waals surface area contributed by atoms with Crippen molar-refractivity contribution in [2.45, 2.75) is 0 Å². The van der Waals surface area contributed by atoms with E-state index >= 15 is 0 Å². The number of esters is 1. The van der Waals surface area contributed by atoms with Crippen molar-refractivity contribution in [3.63, 3.8) is 0 Å². The van der Waals surface area contributed by atoms with Gasteiger partial charge in [-0.15, -0.1) is 12.8 Å². The molecule has 0 N–H and O–H groups in total. The average Bonchev–Trinajstić information content (AvgIpc) is 2.21. The van der Waals surface area contributed by atoms with Gasteiger partial charge >= 0.3 is 5.97 Å². The highest BCUT2D eigenvalue weighted by Crippen LogP contribution is 1.98. The molecule has 12 heavy (non-hydrogen) atoms. The molecule has 1 aromatic carbocycles. The summed E-state index contributed by atoms with van der Waals surface area (Å²) in [5.74, 6) is -0.291. The second-order valence-electron chi connectivity index (χ2n) is 1.86. The molecule has 62 valence electrons. The molecule has 0 bridgehead atoms. The van der Waals surface area contributed by atoms with Crippen LogP contribution in [-0.2, 0) is 4.74 Å². The van der Waals surface area contributed by atoms with Gasteiger partial charge in [-0.3, -0.25) is 0 Å². The summed E-state index contributed by atoms with van der Waals surface area (Å²) >= 11 is 0. The zero-order valence-corrected chi connectivity index (χ0v) is 6.86. The number of hydrogen-bond donors (Lipinski definition) is 0. The lowest BCUT2D eigenvalue weighted by Crippen LogP contribution is -1.99. The summed E-state index contributed by atoms with van der Waals surface area (Å²) in [7, 11) is 1.37. The normalized spacial score (nSPS) is 7.58. The molecule has 1 rings (SSSR count). The summed E-state index contributed by atoms with van der Waals surface area (Å²) in [5, 5.41) is 0. The first-order valence-corrected chi connectivity index (χ1v) is 3.31. The molecule has 0 atom stereocenters. The van der Waals surface area contributed by atoms with E-state index in [0.717, 1.165) is 0 Å². The van der Waals surface area contributed by atoms with Crippen LogP contribution in [0.3, 0.4) is 0 Å². The Morgan fingerprint density at radius 3 is 2.17 bits per heavy atom. The molecule has 0 aliphatic carbocycles. The van der Waals surface area contributed by atoms with E-state index in [1.54, 1.807) is 24.3 Å². The van der Waals surface area contributed by atoms with E-state index in [9.17, 15) is 4.79 Å². The molecule has 0 aromatic heterocycles. The molecule has 0 fully saturated rings. The minimum atomic E-state index is -0.291. The van der Waals surface area contributed by atoms with Gasteiger partial charge in [0.25, 0.3) is 0 Å². The van der Waals surface area contributed by atoms with Crippen LogP contribution in [0.15, 0.2) is 30.3 Å². The first-order valence-electron chi connectivity index (χ1n) is 3.31. The minimum absolute atomic E-state index is 0.291. The third kappa shape index (κ3) is 2.89. The van der Waals surface area contributed by atoms with Crippen LogP contribution in [0.5, 0.6) is 0 Å². The van der Waals surface area contributed by atoms with Gasteiger partial charge in [-0.1, -0.05) is 18.2 Å². The Morgan fingerprint density at radius 2 is 1.75 bits per heavy atom. The maximum Gasteiger partial charge on any atom is 0.337 e. The van der Waals surface area contributed by atoms with E-state index in [-0.39, 0.29) is 5.97 Å². The lowest BCUT2D eigenvalue weighted by atomic mass is 10.2. The van der Waals surface area contributed by atoms with Gasteiger partial charge in [0.05, 0.1) is 12.7 Å². The highest BCUT2D eigenvalue weighted by Gasteiger charge is 2.00. The molecular formula is C10H10O2. The summed E-state index contributed by atoms with van der Waals surface area (Å²) in [6, 6.07) is 8.88. The van der Waals surface area contributed by atoms with Gasteiger partial charge < -0.3 is 4.74 Å². The fourth-order valence-corrected chi connectivity index (χ4v) is 0.692. The lowest BCUT2D eigenvalue weighted by molar-refractivity contribution is 0.0601. The number of benzene rings is 1. The molecule has 0 unspecified atom stereocenters. The van der Waals surface area contributed by atoms with E-state index in [1.165, 1.54) is 7.11 Å². The monoisotopic (exact) mass is 162 g/mol. The Labute approximate surface area is 72.2 Å². The van der Waals surface area contributed by atoms with E-state index in [0.29, 0.717) is 5.56 Å². The number of carbonyl (C=O) groups is 1. The summed E-state index contributed by atoms with van der Waals surface area (Å²) < 4.78 is 4.50. The maximum absolute atomic E-state index is 10.8. The fourth-order valence-electron chi connectivity index (χ4n) is 0.692. The van der Waals surface area contributed by atoms with Crippen LogP contribution in [0, 0.1) is 12.8 Å². The number of methoxy groups -OCH3 is 1. The van der Waals surface area contributed by atoms with Crippen LogP contribution in [0.1, 0.15) is 10.4 Å². The molecule has 0 saturated carbocycles. The fraction of sp³-hybridized carbons (Fsp3) is 0.100. The van der Waals surface area contributed by atoms with Crippen molar-refractivity contribution >= 4 is 5.97 Å². The molecular weight excluding hydrogens is 152 g/mol. The van der Waals surface area contributed by atoms with Gasteiger partial charge in [-0.25, -0.2) is 4.79 Å². The molecule has 2 heteroatoms. The Morgan fingerprint density at radius 1 is 1.25 bits per heavy atom. The number of hydrogen-bond acceptors (Lipinski definition) is 2. The molecule has 0 heterocycles. The van der Waals surface area contributed by atoms with Crippen LogP contribution in [0.4, 0.5) is 0 Å². The van der Waals surface area contributed by atoms with Crippen LogP contribution in [0.25, 0.3) is 0 Å². The van der Waals surface area contributed by atoms with E-state index in [4.69, 9.17) is 0 Å². The largest absolute Gasteiger partial charge is 0.465 e. The molecule has 2 nitrogen and oxygen atoms in total. The van der Waals surface area contributed by atoms with Crippen LogP contribution in [-0.4, -0.2) is 13.1 Å². The number of terminal acetylenes is 1. The lowest BCUT2D eigenvalue weighted by Gasteiger charge is -1.95. The highest BCUT2D eigenvalue weighted by molar-refractivity contribution is 5.89. The predicted molar refractivity (Wildman–Crippen MR) is 47.7 cm³/mol. The standard InChI is InChI=1S/C8H8O2.C2H2/c1-10-8(9)7-5-3-2-4-6-7;1-2/h2-6H,1H3;1-2H. The second kappa shape index (κ2) is 5.99. The molecule has 0 spiro atoms. The van der Waals surface area contributed by atoms with Crippen molar-refractivity contribution in [3.05, 3.63) is 35.9 Å². The van der Waals surface area contributed by atoms with Gasteiger partial charge in [-0.05, 0) is 12.1 Å². The molecule has 0 amide bonds. The van der Waals surface area contributed by atoms with Gasteiger partial charge in [0, 0.05) is 0 Å². The van der Waals surface area contributed by atoms with E-state index in [1.807, 2.05) is 6.07 Å². The topological polar surface area (TPSA) is 26.3 Å². The first-order chi connectivity index (χ1) is 5.84. The Balaban J connectivity index is 0.000000561. The van der Waals surface area contributed by atoms with Crippen molar-refractivity contribution in [1.29, 1.82) is 0 Å². The smallest absolute Gasteiger partial charge is 0.337 e. The van der Waals surface area contributed by atoms with Crippen molar-refractivity contribution in [2.75, 3.05) is 7.11 Å². The zero-order valence-electron chi connectivity index (χ0n) is 6.86. The Bertz CT molecular complexity index is 249. The van der Waals surface area contributed by atoms with Gasteiger partial charge in [0.1, 0.15) is 0 Å². The third-order valence-electron chi connectivity index (χ3n) is 1.19. The summed E-state index contributed by atoms with van der Waals surface area (Å²) in [6.07, 6.45) is 8.00. The summed E-state index contributed by atoms with van der Waals surface area (Å²) in [6.45, 7) is 0. The SMILES string of the molecule is C#C.COC(=O)c1ccccc1. The molecule has 0 aliphatic heterocycles. The molecule has 0 radical (unpaired) electrons. The maximum atomic E-state index is 10.8. The van der Waals surface area contributed by atoms with Crippen molar-refractivity contribution < 1.29 is 9.53 Å². The number of rotatable bonds is 1. The second-order valence-corrected chi connectivity index (χ2v) is 1.86. The Kier molecular flexibility index (Phi) is 5.12.